The summed E-state index contributed by atoms with van der Waals surface area (Å²) in [6, 6.07) is 78.6. The van der Waals surface area contributed by atoms with Crippen molar-refractivity contribution in [1.82, 2.24) is 0 Å². The van der Waals surface area contributed by atoms with Crippen LogP contribution in [0.2, 0.25) is 0 Å². The van der Waals surface area contributed by atoms with E-state index >= 15 is 0 Å². The normalized spacial score (nSPS) is 15.9. The molecule has 0 aromatic heterocycles. The van der Waals surface area contributed by atoms with Gasteiger partial charge < -0.3 is 4.90 Å². The van der Waals surface area contributed by atoms with Crippen molar-refractivity contribution in [2.75, 3.05) is 4.90 Å². The van der Waals surface area contributed by atoms with Crippen molar-refractivity contribution in [3.8, 4) is 44.5 Å². The number of hydrogen-bond acceptors (Lipinski definition) is 1. The zero-order valence-corrected chi connectivity index (χ0v) is 39.2. The molecule has 13 rings (SSSR count). The maximum atomic E-state index is 2.58. The van der Waals surface area contributed by atoms with Gasteiger partial charge >= 0.3 is 0 Å². The Kier molecular flexibility index (Phi) is 9.02. The Morgan fingerprint density at radius 1 is 0.368 bits per heavy atom. The summed E-state index contributed by atoms with van der Waals surface area (Å²) in [7, 11) is 0. The second kappa shape index (κ2) is 15.1. The van der Waals surface area contributed by atoms with Crippen LogP contribution in [0.5, 0.6) is 0 Å². The van der Waals surface area contributed by atoms with Gasteiger partial charge in [0.15, 0.2) is 0 Å². The molecule has 9 aromatic carbocycles. The van der Waals surface area contributed by atoms with Gasteiger partial charge in [-0.15, -0.1) is 0 Å². The van der Waals surface area contributed by atoms with Gasteiger partial charge in [0.25, 0.3) is 0 Å². The highest BCUT2D eigenvalue weighted by atomic mass is 15.1. The summed E-state index contributed by atoms with van der Waals surface area (Å²) >= 11 is 0. The van der Waals surface area contributed by atoms with E-state index in [1.165, 1.54) is 100 Å². The van der Waals surface area contributed by atoms with Gasteiger partial charge in [-0.2, -0.15) is 0 Å². The standard InChI is InChI=1S/C67H53N/c1-65(2)58-27-15-11-24-52(58)55-38-33-47(41-61(55)65)67(48-34-39-56-53-25-12-16-28-59(53)66(3,4)62(56)42-48)60-29-17-13-26-54(60)57-40-37-50(43-63(57)67)68(49-35-31-45(32-36-49)44-19-7-5-8-20-44)64-30-18-14-23-51(64)46-21-9-6-10-22-46/h5-7,9-19,21-43H,8,20H2,1-4H3. The van der Waals surface area contributed by atoms with Crippen molar-refractivity contribution in [2.45, 2.75) is 56.8 Å². The quantitative estimate of drug-likeness (QED) is 0.154. The van der Waals surface area contributed by atoms with Crippen LogP contribution in [0.4, 0.5) is 17.1 Å². The monoisotopic (exact) mass is 871 g/mol. The highest BCUT2D eigenvalue weighted by Gasteiger charge is 2.49. The largest absolute Gasteiger partial charge is 0.310 e. The average molecular weight is 872 g/mol. The van der Waals surface area contributed by atoms with Gasteiger partial charge in [0, 0.05) is 27.8 Å². The molecule has 0 bridgehead atoms. The summed E-state index contributed by atoms with van der Waals surface area (Å²) in [4.78, 5) is 2.50. The zero-order valence-electron chi connectivity index (χ0n) is 39.2. The fraction of sp³-hybridized carbons (Fsp3) is 0.134. The molecule has 1 heteroatoms. The number of rotatable bonds is 7. The third-order valence-corrected chi connectivity index (χ3v) is 16.1. The summed E-state index contributed by atoms with van der Waals surface area (Å²) in [5.41, 5.74) is 26.1. The van der Waals surface area contributed by atoms with Gasteiger partial charge in [0.05, 0.1) is 11.1 Å². The molecule has 0 aliphatic heterocycles. The molecule has 68 heavy (non-hydrogen) atoms. The number of anilines is 3. The minimum Gasteiger partial charge on any atom is -0.310 e. The van der Waals surface area contributed by atoms with Crippen molar-refractivity contribution in [2.24, 2.45) is 0 Å². The van der Waals surface area contributed by atoms with Gasteiger partial charge in [0.1, 0.15) is 0 Å². The molecule has 0 radical (unpaired) electrons. The van der Waals surface area contributed by atoms with E-state index in [9.17, 15) is 0 Å². The Labute approximate surface area is 401 Å². The van der Waals surface area contributed by atoms with Crippen LogP contribution in [0.3, 0.4) is 0 Å². The molecule has 0 heterocycles. The third-order valence-electron chi connectivity index (χ3n) is 16.1. The van der Waals surface area contributed by atoms with Gasteiger partial charge in [0.2, 0.25) is 0 Å². The number of para-hydroxylation sites is 1. The summed E-state index contributed by atoms with van der Waals surface area (Å²) in [6.07, 6.45) is 8.87. The summed E-state index contributed by atoms with van der Waals surface area (Å²) in [5.74, 6) is 0. The number of nitrogens with zero attached hydrogens (tertiary/aromatic N) is 1. The number of fused-ring (bicyclic) bond motifs is 9. The Morgan fingerprint density at radius 2 is 0.853 bits per heavy atom. The van der Waals surface area contributed by atoms with Crippen LogP contribution >= 0.6 is 0 Å². The molecule has 0 N–H and O–H groups in total. The van der Waals surface area contributed by atoms with Gasteiger partial charge in [-0.05, 0) is 138 Å². The highest BCUT2D eigenvalue weighted by molar-refractivity contribution is 5.94. The molecule has 0 atom stereocenters. The Bertz CT molecular complexity index is 3450. The SMILES string of the molecule is CC1(C)c2ccccc2-c2ccc(C3(c4ccc5c(c4)C(C)(C)c4ccccc4-5)c4ccccc4-c4ccc(N(c5ccc(C6=CC=CCC6)cc5)c5ccccc5-c5ccccc5)cc43)cc21. The van der Waals surface area contributed by atoms with Crippen molar-refractivity contribution >= 4 is 22.6 Å². The molecule has 0 fully saturated rings. The fourth-order valence-electron chi connectivity index (χ4n) is 12.7. The predicted molar refractivity (Wildman–Crippen MR) is 285 cm³/mol. The van der Waals surface area contributed by atoms with Crippen LogP contribution in [0.1, 0.15) is 90.6 Å². The first-order valence-electron chi connectivity index (χ1n) is 24.4. The number of hydrogen-bond donors (Lipinski definition) is 0. The van der Waals surface area contributed by atoms with E-state index in [1.54, 1.807) is 0 Å². The molecular weight excluding hydrogens is 819 g/mol. The van der Waals surface area contributed by atoms with Crippen LogP contribution in [-0.4, -0.2) is 0 Å². The molecule has 0 amide bonds. The smallest absolute Gasteiger partial charge is 0.0714 e. The van der Waals surface area contributed by atoms with E-state index in [0.717, 1.165) is 29.9 Å². The molecule has 4 aliphatic carbocycles. The predicted octanol–water partition coefficient (Wildman–Crippen LogP) is 17.5. The van der Waals surface area contributed by atoms with E-state index in [0.29, 0.717) is 0 Å². The molecule has 326 valence electrons. The van der Waals surface area contributed by atoms with Crippen LogP contribution in [0.25, 0.3) is 50.1 Å². The Balaban J connectivity index is 1.09. The molecule has 0 spiro atoms. The fourth-order valence-corrected chi connectivity index (χ4v) is 12.7. The van der Waals surface area contributed by atoms with Crippen LogP contribution in [0, 0.1) is 0 Å². The topological polar surface area (TPSA) is 3.24 Å². The van der Waals surface area contributed by atoms with E-state index in [4.69, 9.17) is 0 Å². The van der Waals surface area contributed by atoms with Crippen LogP contribution < -0.4 is 4.90 Å². The highest BCUT2D eigenvalue weighted by Crippen LogP contribution is 2.61. The van der Waals surface area contributed by atoms with E-state index in [1.807, 2.05) is 0 Å². The van der Waals surface area contributed by atoms with Crippen molar-refractivity contribution < 1.29 is 0 Å². The van der Waals surface area contributed by atoms with Crippen LogP contribution in [0.15, 0.2) is 224 Å². The molecule has 0 unspecified atom stereocenters. The Hall–Kier alpha value is -7.74. The van der Waals surface area contributed by atoms with E-state index in [-0.39, 0.29) is 10.8 Å². The third kappa shape index (κ3) is 5.81. The molecular formula is C67H53N. The van der Waals surface area contributed by atoms with Crippen molar-refractivity contribution in [3.05, 3.63) is 275 Å². The maximum absolute atomic E-state index is 2.58. The molecule has 4 aliphatic rings. The van der Waals surface area contributed by atoms with Gasteiger partial charge in [-0.3, -0.25) is 0 Å². The summed E-state index contributed by atoms with van der Waals surface area (Å²) in [5, 5.41) is 0. The number of allylic oxidation sites excluding steroid dienone is 4. The summed E-state index contributed by atoms with van der Waals surface area (Å²) in [6.45, 7) is 9.64. The first-order chi connectivity index (χ1) is 33.2. The second-order valence-electron chi connectivity index (χ2n) is 20.3. The molecule has 9 aromatic rings. The molecule has 1 nitrogen and oxygen atoms in total. The second-order valence-corrected chi connectivity index (χ2v) is 20.3. The van der Waals surface area contributed by atoms with E-state index in [2.05, 4.69) is 257 Å². The molecule has 0 saturated heterocycles. The zero-order chi connectivity index (χ0) is 45.8. The maximum Gasteiger partial charge on any atom is 0.0714 e. The lowest BCUT2D eigenvalue weighted by Crippen LogP contribution is -2.30. The minimum atomic E-state index is -0.642. The Morgan fingerprint density at radius 3 is 1.46 bits per heavy atom. The van der Waals surface area contributed by atoms with E-state index < -0.39 is 5.41 Å². The van der Waals surface area contributed by atoms with Gasteiger partial charge in [-0.1, -0.05) is 222 Å². The number of benzene rings is 9. The lowest BCUT2D eigenvalue weighted by molar-refractivity contribution is 0.651. The minimum absolute atomic E-state index is 0.165. The first kappa shape index (κ1) is 40.5. The van der Waals surface area contributed by atoms with Crippen molar-refractivity contribution in [1.29, 1.82) is 0 Å². The van der Waals surface area contributed by atoms with Gasteiger partial charge in [-0.25, -0.2) is 0 Å². The molecule has 0 saturated carbocycles. The van der Waals surface area contributed by atoms with Crippen LogP contribution in [-0.2, 0) is 16.2 Å². The lowest BCUT2D eigenvalue weighted by atomic mass is 9.65. The van der Waals surface area contributed by atoms with Crippen molar-refractivity contribution in [3.63, 3.8) is 0 Å². The summed E-state index contributed by atoms with van der Waals surface area (Å²) < 4.78 is 0. The lowest BCUT2D eigenvalue weighted by Gasteiger charge is -2.37. The first-order valence-corrected chi connectivity index (χ1v) is 24.4. The average Bonchev–Trinajstić information content (AvgIpc) is 3.91.